The first-order valence-corrected chi connectivity index (χ1v) is 11.2. The molecule has 36 heavy (non-hydrogen) atoms. The number of fused-ring (bicyclic) bond motifs is 5. The van der Waals surface area contributed by atoms with Gasteiger partial charge in [0.1, 0.15) is 0 Å². The average Bonchev–Trinajstić information content (AvgIpc) is 3.33. The fourth-order valence-corrected chi connectivity index (χ4v) is 5.85. The topological polar surface area (TPSA) is 112 Å². The summed E-state index contributed by atoms with van der Waals surface area (Å²) in [6, 6.07) is 11.8. The zero-order chi connectivity index (χ0) is 26.0. The minimum Gasteiger partial charge on any atom is -0.365 e. The number of ether oxygens (including phenoxy) is 1. The van der Waals surface area contributed by atoms with E-state index < -0.39 is 64.2 Å². The molecule has 0 spiro atoms. The number of carbonyl (C=O) groups excluding carboxylic acids is 3. The maximum absolute atomic E-state index is 13.5. The number of nitrogens with zero attached hydrogens (tertiary/aromatic N) is 2. The predicted octanol–water partition coefficient (Wildman–Crippen LogP) is 3.82. The van der Waals surface area contributed by atoms with Gasteiger partial charge in [-0.1, -0.05) is 18.2 Å². The van der Waals surface area contributed by atoms with Crippen LogP contribution in [-0.4, -0.2) is 35.1 Å². The van der Waals surface area contributed by atoms with Gasteiger partial charge in [-0.15, -0.1) is 0 Å². The number of para-hydroxylation sites is 1. The van der Waals surface area contributed by atoms with Crippen LogP contribution in [0.4, 0.5) is 29.3 Å². The van der Waals surface area contributed by atoms with Crippen LogP contribution in [0.3, 0.4) is 0 Å². The van der Waals surface area contributed by atoms with Crippen LogP contribution in [0.25, 0.3) is 0 Å². The molecule has 0 radical (unpaired) electrons. The molecule has 2 aromatic rings. The number of hydrogen-bond donors (Lipinski definition) is 2. The van der Waals surface area contributed by atoms with Gasteiger partial charge in [-0.3, -0.25) is 9.59 Å². The number of halogens is 3. The average molecular weight is 498 g/mol. The highest BCUT2D eigenvalue weighted by molar-refractivity contribution is 6.23. The van der Waals surface area contributed by atoms with Crippen molar-refractivity contribution in [1.29, 1.82) is 5.26 Å². The maximum atomic E-state index is 13.5. The first kappa shape index (κ1) is 23.8. The van der Waals surface area contributed by atoms with Crippen molar-refractivity contribution >= 4 is 29.2 Å². The lowest BCUT2D eigenvalue weighted by molar-refractivity contribution is -0.138. The largest absolute Gasteiger partial charge is 0.417 e. The second-order valence-electron chi connectivity index (χ2n) is 9.63. The van der Waals surface area contributed by atoms with Crippen molar-refractivity contribution < 1.29 is 32.3 Å². The number of nitrogens with one attached hydrogen (secondary N) is 2. The molecule has 0 aromatic heterocycles. The van der Waals surface area contributed by atoms with Crippen LogP contribution in [0.1, 0.15) is 31.4 Å². The summed E-state index contributed by atoms with van der Waals surface area (Å²) in [6.45, 7) is 3.30. The molecule has 11 heteroatoms. The fourth-order valence-electron chi connectivity index (χ4n) is 5.85. The lowest BCUT2D eigenvalue weighted by Crippen LogP contribution is -2.57. The van der Waals surface area contributed by atoms with Crippen LogP contribution in [-0.2, 0) is 20.5 Å². The molecule has 186 valence electrons. The number of hydrogen-bond acceptors (Lipinski definition) is 5. The van der Waals surface area contributed by atoms with Gasteiger partial charge in [-0.05, 0) is 44.2 Å². The minimum atomic E-state index is -4.84. The number of urea groups is 1. The normalized spacial score (nSPS) is 30.8. The molecule has 0 saturated carbocycles. The summed E-state index contributed by atoms with van der Waals surface area (Å²) >= 11 is 0. The third-order valence-electron chi connectivity index (χ3n) is 7.36. The Morgan fingerprint density at radius 2 is 1.78 bits per heavy atom. The zero-order valence-electron chi connectivity index (χ0n) is 19.2. The third-order valence-corrected chi connectivity index (χ3v) is 7.36. The van der Waals surface area contributed by atoms with E-state index in [0.717, 1.165) is 17.0 Å². The number of amides is 4. The lowest BCUT2D eigenvalue weighted by atomic mass is 9.66. The monoisotopic (exact) mass is 498 g/mol. The smallest absolute Gasteiger partial charge is 0.365 e. The molecule has 8 nitrogen and oxygen atoms in total. The predicted molar refractivity (Wildman–Crippen MR) is 121 cm³/mol. The van der Waals surface area contributed by atoms with Crippen LogP contribution < -0.4 is 15.5 Å². The molecule has 0 aliphatic carbocycles. The highest BCUT2D eigenvalue weighted by Gasteiger charge is 2.76. The van der Waals surface area contributed by atoms with Gasteiger partial charge in [0.2, 0.25) is 11.8 Å². The van der Waals surface area contributed by atoms with Crippen LogP contribution in [0.15, 0.2) is 48.5 Å². The van der Waals surface area contributed by atoms with Crippen molar-refractivity contribution in [3.8, 4) is 6.07 Å². The van der Waals surface area contributed by atoms with E-state index in [-0.39, 0.29) is 12.1 Å². The van der Waals surface area contributed by atoms with E-state index in [2.05, 4.69) is 10.6 Å². The van der Waals surface area contributed by atoms with Gasteiger partial charge in [0.15, 0.2) is 0 Å². The first-order valence-electron chi connectivity index (χ1n) is 11.2. The van der Waals surface area contributed by atoms with Crippen molar-refractivity contribution in [2.75, 3.05) is 10.2 Å². The van der Waals surface area contributed by atoms with Gasteiger partial charge >= 0.3 is 12.2 Å². The van der Waals surface area contributed by atoms with E-state index in [1.165, 1.54) is 6.07 Å². The van der Waals surface area contributed by atoms with Crippen LogP contribution in [0.5, 0.6) is 0 Å². The van der Waals surface area contributed by atoms with Crippen molar-refractivity contribution in [2.24, 2.45) is 11.8 Å². The number of benzene rings is 2. The summed E-state index contributed by atoms with van der Waals surface area (Å²) in [7, 11) is 0. The van der Waals surface area contributed by atoms with Crippen molar-refractivity contribution in [3.63, 3.8) is 0 Å². The van der Waals surface area contributed by atoms with Crippen molar-refractivity contribution in [3.05, 3.63) is 59.7 Å². The molecule has 5 rings (SSSR count). The Morgan fingerprint density at radius 3 is 2.42 bits per heavy atom. The Labute approximate surface area is 204 Å². The first-order chi connectivity index (χ1) is 16.9. The van der Waals surface area contributed by atoms with E-state index in [4.69, 9.17) is 10.00 Å². The van der Waals surface area contributed by atoms with Gasteiger partial charge < -0.3 is 15.4 Å². The molecule has 2 bridgehead atoms. The van der Waals surface area contributed by atoms with Gasteiger partial charge in [0, 0.05) is 12.1 Å². The molecule has 5 atom stereocenters. The Balaban J connectivity index is 1.44. The highest BCUT2D eigenvalue weighted by Crippen LogP contribution is 2.61. The minimum absolute atomic E-state index is 0.237. The molecule has 3 heterocycles. The van der Waals surface area contributed by atoms with Crippen LogP contribution in [0.2, 0.25) is 0 Å². The highest BCUT2D eigenvalue weighted by atomic mass is 19.4. The number of nitriles is 1. The Morgan fingerprint density at radius 1 is 1.11 bits per heavy atom. The SMILES string of the molecule is CC12CC(NC(=O)Nc3ccccc3)C(C)(O1)C1C(=O)N(c3ccc(C#N)c(C(F)(F)F)c3)C(=O)C12. The van der Waals surface area contributed by atoms with E-state index in [0.29, 0.717) is 11.8 Å². The molecule has 2 N–H and O–H groups in total. The van der Waals surface area contributed by atoms with Crippen LogP contribution in [0, 0.1) is 23.2 Å². The summed E-state index contributed by atoms with van der Waals surface area (Å²) in [5, 5.41) is 14.6. The molecule has 3 saturated heterocycles. The number of rotatable bonds is 3. The van der Waals surface area contributed by atoms with Crippen molar-refractivity contribution in [1.82, 2.24) is 5.32 Å². The lowest BCUT2D eigenvalue weighted by Gasteiger charge is -2.35. The maximum Gasteiger partial charge on any atom is 0.417 e. The summed E-state index contributed by atoms with van der Waals surface area (Å²) in [5.74, 6) is -3.30. The number of imide groups is 1. The van der Waals surface area contributed by atoms with Crippen LogP contribution >= 0.6 is 0 Å². The molecular formula is C25H21F3N4O4. The molecule has 3 fully saturated rings. The zero-order valence-corrected chi connectivity index (χ0v) is 19.2. The Bertz CT molecular complexity index is 1320. The van der Waals surface area contributed by atoms with E-state index >= 15 is 0 Å². The van der Waals surface area contributed by atoms with Gasteiger partial charge in [0.25, 0.3) is 0 Å². The van der Waals surface area contributed by atoms with Gasteiger partial charge in [-0.25, -0.2) is 9.69 Å². The standard InChI is InChI=1S/C25H21F3N4O4/c1-23-11-17(31-22(35)30-14-6-4-3-5-7-14)24(2,36-23)19-18(23)20(33)32(21(19)34)15-9-8-13(12-29)16(10-15)25(26,27)28/h3-10,17-19H,11H2,1-2H3,(H2,30,31,35). The molecule has 3 aliphatic rings. The molecule has 4 amide bonds. The Hall–Kier alpha value is -3.91. The molecule has 2 aromatic carbocycles. The second kappa shape index (κ2) is 7.80. The number of anilines is 2. The Kier molecular flexibility index (Phi) is 5.16. The third kappa shape index (κ3) is 3.44. The van der Waals surface area contributed by atoms with E-state index in [9.17, 15) is 27.6 Å². The van der Waals surface area contributed by atoms with Crippen molar-refractivity contribution in [2.45, 2.75) is 43.7 Å². The molecule has 5 unspecified atom stereocenters. The summed E-state index contributed by atoms with van der Waals surface area (Å²) < 4.78 is 46.7. The van der Waals surface area contributed by atoms with E-state index in [1.54, 1.807) is 44.2 Å². The number of alkyl halides is 3. The second-order valence-corrected chi connectivity index (χ2v) is 9.63. The van der Waals surface area contributed by atoms with Gasteiger partial charge in [-0.2, -0.15) is 18.4 Å². The quantitative estimate of drug-likeness (QED) is 0.625. The van der Waals surface area contributed by atoms with E-state index in [1.807, 2.05) is 0 Å². The summed E-state index contributed by atoms with van der Waals surface area (Å²) in [6.07, 6.45) is -4.61. The molecule has 3 aliphatic heterocycles. The number of carbonyl (C=O) groups is 3. The fraction of sp³-hybridized carbons (Fsp3) is 0.360. The molecular weight excluding hydrogens is 477 g/mol. The summed E-state index contributed by atoms with van der Waals surface area (Å²) in [4.78, 5) is 40.3. The summed E-state index contributed by atoms with van der Waals surface area (Å²) in [5.41, 5.74) is -3.90. The van der Waals surface area contributed by atoms with Gasteiger partial charge in [0.05, 0.1) is 52.0 Å².